The topological polar surface area (TPSA) is 99.8 Å². The Hall–Kier alpha value is -3.42. The molecule has 0 fully saturated rings. The fraction of sp³-hybridized carbons (Fsp3) is 0.0476. The number of carbonyl (C=O) groups is 1. The van der Waals surface area contributed by atoms with Gasteiger partial charge in [-0.05, 0) is 42.0 Å². The summed E-state index contributed by atoms with van der Waals surface area (Å²) in [5, 5.41) is 14.2. The lowest BCUT2D eigenvalue weighted by Crippen LogP contribution is -2.20. The second kappa shape index (κ2) is 8.52. The van der Waals surface area contributed by atoms with Gasteiger partial charge in [-0.25, -0.2) is 9.89 Å². The van der Waals surface area contributed by atoms with Gasteiger partial charge in [0.1, 0.15) is 0 Å². The van der Waals surface area contributed by atoms with Crippen LogP contribution >= 0.6 is 23.2 Å². The number of nitrogens with one attached hydrogen (secondary N) is 3. The number of amides is 2. The molecule has 0 spiro atoms. The van der Waals surface area contributed by atoms with Gasteiger partial charge in [-0.15, -0.1) is 0 Å². The summed E-state index contributed by atoms with van der Waals surface area (Å²) >= 11 is 12.2. The minimum absolute atomic E-state index is 0.354. The van der Waals surface area contributed by atoms with Crippen molar-refractivity contribution in [3.8, 4) is 0 Å². The van der Waals surface area contributed by atoms with Crippen molar-refractivity contribution in [3.05, 3.63) is 92.6 Å². The van der Waals surface area contributed by atoms with Crippen molar-refractivity contribution >= 4 is 51.4 Å². The first-order valence-corrected chi connectivity index (χ1v) is 9.68. The van der Waals surface area contributed by atoms with Crippen molar-refractivity contribution in [2.45, 2.75) is 6.42 Å². The van der Waals surface area contributed by atoms with E-state index in [-0.39, 0.29) is 5.56 Å². The lowest BCUT2D eigenvalue weighted by molar-refractivity contribution is 0.262. The number of rotatable bonds is 4. The van der Waals surface area contributed by atoms with E-state index in [1.165, 1.54) is 6.20 Å². The number of halogens is 2. The molecular weight excluding hydrogens is 425 g/mol. The van der Waals surface area contributed by atoms with Crippen LogP contribution in [0.1, 0.15) is 11.3 Å². The van der Waals surface area contributed by atoms with Crippen molar-refractivity contribution in [1.29, 1.82) is 0 Å². The van der Waals surface area contributed by atoms with E-state index in [4.69, 9.17) is 23.2 Å². The third-order valence-electron chi connectivity index (χ3n) is 4.42. The molecule has 3 N–H and O–H groups in total. The van der Waals surface area contributed by atoms with E-state index in [2.05, 4.69) is 25.8 Å². The summed E-state index contributed by atoms with van der Waals surface area (Å²) in [4.78, 5) is 28.5. The van der Waals surface area contributed by atoms with Crippen LogP contribution in [0.5, 0.6) is 0 Å². The van der Waals surface area contributed by atoms with Gasteiger partial charge in [0.25, 0.3) is 5.56 Å². The number of hydrogen-bond acceptors (Lipinski definition) is 4. The predicted octanol–water partition coefficient (Wildman–Crippen LogP) is 4.86. The number of aromatic amines is 1. The number of pyridine rings is 1. The lowest BCUT2D eigenvalue weighted by atomic mass is 10.0. The second-order valence-corrected chi connectivity index (χ2v) is 7.34. The molecule has 0 atom stereocenters. The van der Waals surface area contributed by atoms with Gasteiger partial charge in [-0.3, -0.25) is 9.78 Å². The van der Waals surface area contributed by atoms with Gasteiger partial charge in [0.15, 0.2) is 0 Å². The molecule has 0 radical (unpaired) electrons. The Labute approximate surface area is 181 Å². The summed E-state index contributed by atoms with van der Waals surface area (Å²) in [6, 6.07) is 13.3. The average molecular weight is 440 g/mol. The number of carbonyl (C=O) groups excluding carboxylic acids is 1. The highest BCUT2D eigenvalue weighted by molar-refractivity contribution is 6.35. The minimum atomic E-state index is -0.444. The first-order chi connectivity index (χ1) is 14.5. The molecule has 0 bridgehead atoms. The molecule has 0 aliphatic carbocycles. The van der Waals surface area contributed by atoms with Crippen molar-refractivity contribution < 1.29 is 4.79 Å². The normalized spacial score (nSPS) is 10.7. The van der Waals surface area contributed by atoms with Crippen molar-refractivity contribution in [1.82, 2.24) is 15.2 Å². The molecule has 2 aromatic heterocycles. The van der Waals surface area contributed by atoms with E-state index in [1.54, 1.807) is 48.7 Å². The van der Waals surface area contributed by atoms with E-state index in [1.807, 2.05) is 6.07 Å². The predicted molar refractivity (Wildman–Crippen MR) is 119 cm³/mol. The molecule has 0 unspecified atom stereocenters. The number of benzene rings is 2. The molecule has 0 saturated carbocycles. The van der Waals surface area contributed by atoms with E-state index >= 15 is 0 Å². The number of fused-ring (bicyclic) bond motifs is 1. The van der Waals surface area contributed by atoms with Crippen LogP contribution in [0.4, 0.5) is 16.2 Å². The molecule has 4 rings (SSSR count). The molecule has 2 amide bonds. The Balaban J connectivity index is 1.60. The second-order valence-electron chi connectivity index (χ2n) is 6.49. The third kappa shape index (κ3) is 4.42. The fourth-order valence-electron chi connectivity index (χ4n) is 3.01. The largest absolute Gasteiger partial charge is 0.323 e. The molecule has 9 heteroatoms. The Morgan fingerprint density at radius 1 is 1.00 bits per heavy atom. The highest BCUT2D eigenvalue weighted by Crippen LogP contribution is 2.26. The molecule has 150 valence electrons. The molecule has 0 saturated heterocycles. The number of aromatic nitrogens is 3. The van der Waals surface area contributed by atoms with Crippen LogP contribution in [0.2, 0.25) is 10.0 Å². The number of hydrogen-bond donors (Lipinski definition) is 3. The molecule has 2 aromatic carbocycles. The Morgan fingerprint density at radius 3 is 2.60 bits per heavy atom. The van der Waals surface area contributed by atoms with E-state index in [0.29, 0.717) is 44.3 Å². The maximum Gasteiger partial charge on any atom is 0.323 e. The van der Waals surface area contributed by atoms with Crippen LogP contribution in [0.25, 0.3) is 10.8 Å². The highest BCUT2D eigenvalue weighted by Gasteiger charge is 2.12. The fourth-order valence-corrected chi connectivity index (χ4v) is 3.49. The van der Waals surface area contributed by atoms with Crippen LogP contribution in [0, 0.1) is 0 Å². The van der Waals surface area contributed by atoms with Gasteiger partial charge in [-0.1, -0.05) is 35.3 Å². The first-order valence-electron chi connectivity index (χ1n) is 8.93. The number of nitrogens with zero attached hydrogens (tertiary/aromatic N) is 2. The Kier molecular flexibility index (Phi) is 5.65. The van der Waals surface area contributed by atoms with E-state index in [0.717, 1.165) is 5.56 Å². The monoisotopic (exact) mass is 439 g/mol. The van der Waals surface area contributed by atoms with Gasteiger partial charge in [0.2, 0.25) is 0 Å². The number of urea groups is 1. The summed E-state index contributed by atoms with van der Waals surface area (Å²) in [6.45, 7) is 0. The van der Waals surface area contributed by atoms with Crippen LogP contribution in [0.15, 0.2) is 65.7 Å². The molecule has 30 heavy (non-hydrogen) atoms. The first kappa shape index (κ1) is 19.9. The summed E-state index contributed by atoms with van der Waals surface area (Å²) < 4.78 is 0. The average Bonchev–Trinajstić information content (AvgIpc) is 2.73. The number of anilines is 2. The summed E-state index contributed by atoms with van der Waals surface area (Å²) in [5.74, 6) is 0. The van der Waals surface area contributed by atoms with Crippen LogP contribution in [-0.2, 0) is 6.42 Å². The zero-order valence-electron chi connectivity index (χ0n) is 15.4. The molecular formula is C21H15Cl2N5O2. The third-order valence-corrected chi connectivity index (χ3v) is 5.00. The lowest BCUT2D eigenvalue weighted by Gasteiger charge is -2.10. The van der Waals surface area contributed by atoms with Crippen LogP contribution in [0.3, 0.4) is 0 Å². The van der Waals surface area contributed by atoms with Crippen molar-refractivity contribution in [2.75, 3.05) is 10.6 Å². The molecule has 0 aliphatic rings. The van der Waals surface area contributed by atoms with Gasteiger partial charge in [0.05, 0.1) is 23.0 Å². The maximum absolute atomic E-state index is 12.3. The summed E-state index contributed by atoms with van der Waals surface area (Å²) in [5.41, 5.74) is 2.16. The maximum atomic E-state index is 12.3. The molecule has 2 heterocycles. The zero-order chi connectivity index (χ0) is 21.1. The quantitative estimate of drug-likeness (QED) is 0.422. The SMILES string of the molecule is O=C(Nc1cccnc1)Nc1ccc2c(Cc3ccc(Cl)cc3Cl)n[nH]c(=O)c2c1. The molecule has 7 nitrogen and oxygen atoms in total. The van der Waals surface area contributed by atoms with Crippen molar-refractivity contribution in [3.63, 3.8) is 0 Å². The molecule has 4 aromatic rings. The van der Waals surface area contributed by atoms with Gasteiger partial charge >= 0.3 is 6.03 Å². The Morgan fingerprint density at radius 2 is 1.83 bits per heavy atom. The van der Waals surface area contributed by atoms with Crippen LogP contribution in [-0.4, -0.2) is 21.2 Å². The van der Waals surface area contributed by atoms with Gasteiger partial charge in [-0.2, -0.15) is 5.10 Å². The Bertz CT molecular complexity index is 1290. The van der Waals surface area contributed by atoms with E-state index < -0.39 is 6.03 Å². The smallest absolute Gasteiger partial charge is 0.308 e. The zero-order valence-corrected chi connectivity index (χ0v) is 17.0. The number of H-pyrrole nitrogens is 1. The minimum Gasteiger partial charge on any atom is -0.308 e. The molecule has 0 aliphatic heterocycles. The van der Waals surface area contributed by atoms with Crippen LogP contribution < -0.4 is 16.2 Å². The highest BCUT2D eigenvalue weighted by atomic mass is 35.5. The summed E-state index contributed by atoms with van der Waals surface area (Å²) in [6.07, 6.45) is 3.56. The van der Waals surface area contributed by atoms with Gasteiger partial charge in [0, 0.05) is 33.7 Å². The van der Waals surface area contributed by atoms with Crippen molar-refractivity contribution in [2.24, 2.45) is 0 Å². The van der Waals surface area contributed by atoms with E-state index in [9.17, 15) is 9.59 Å². The summed E-state index contributed by atoms with van der Waals surface area (Å²) in [7, 11) is 0. The standard InChI is InChI=1S/C21H15Cl2N5O2/c22-13-4-3-12(18(23)9-13)8-19-16-6-5-14(10-17(16)20(29)28-27-19)25-21(30)26-15-2-1-7-24-11-15/h1-7,9-11H,8H2,(H,28,29)(H2,25,26,30). The van der Waals surface area contributed by atoms with Gasteiger partial charge < -0.3 is 10.6 Å².